The van der Waals surface area contributed by atoms with Crippen molar-refractivity contribution in [1.82, 2.24) is 0 Å². The predicted octanol–water partition coefficient (Wildman–Crippen LogP) is 21.7. The number of hydrogen-bond donors (Lipinski definition) is 0. The Morgan fingerprint density at radius 1 is 0.314 bits per heavy atom. The van der Waals surface area contributed by atoms with Gasteiger partial charge in [0.1, 0.15) is 0 Å². The van der Waals surface area contributed by atoms with E-state index in [1.807, 2.05) is 69.2 Å². The first-order chi connectivity index (χ1) is 34.5. The third-order valence-electron chi connectivity index (χ3n) is 13.8. The second kappa shape index (κ2) is 28.6. The number of hydrogen-bond acceptors (Lipinski definition) is 0. The predicted molar refractivity (Wildman–Crippen MR) is 320 cm³/mol. The molecule has 0 heteroatoms. The van der Waals surface area contributed by atoms with E-state index in [4.69, 9.17) is 0 Å². The van der Waals surface area contributed by atoms with Crippen LogP contribution in [0.15, 0.2) is 191 Å². The van der Waals surface area contributed by atoms with Gasteiger partial charge in [0.2, 0.25) is 0 Å². The zero-order valence-corrected chi connectivity index (χ0v) is 46.4. The normalized spacial score (nSPS) is 15.4. The standard InChI is InChI=1S/C22H20.C20H20.C18H18.5C2H6/c1-3-15-13-21-20-12-8-6-10-18(20)16(4-2)14-22(21)19-11-7-5-9-17(15)19;1-3-13-5-7-15-10-12-18-14(4-2)6-8-16-9-11-17(13)19(15)20(16)18;1-3-13-15-9-5-7-11-17(15)14(4-2)18-12-8-6-10-16(13)18;5*1-2/h5-14H,3-4H2,1-2H3;5-12,19-20H,3-4H2,1-2H3;5-12H,3-4H2,1-2H3;5*1-2H3. The zero-order valence-electron chi connectivity index (χ0n) is 46.4. The minimum Gasteiger partial charge on any atom is -0.0683 e. The van der Waals surface area contributed by atoms with E-state index in [0.29, 0.717) is 11.8 Å². The van der Waals surface area contributed by atoms with Gasteiger partial charge in [-0.1, -0.05) is 256 Å². The number of benzene rings is 7. The largest absolute Gasteiger partial charge is 0.0683 e. The molecule has 2 unspecified atom stereocenters. The van der Waals surface area contributed by atoms with Gasteiger partial charge in [0, 0.05) is 11.8 Å². The van der Waals surface area contributed by atoms with Gasteiger partial charge >= 0.3 is 0 Å². The SMILES string of the molecule is CC.CC.CC.CC.CC.CCC1=CC=C2C=CC3=C(CC)C=CC4=CC=C1C2C43.CCc1c2ccccc2c(CC)c2ccccc12.CCc1cc2c3ccccc3c(CC)cc2c2ccccc12. The van der Waals surface area contributed by atoms with Gasteiger partial charge in [-0.25, -0.2) is 0 Å². The Bertz CT molecular complexity index is 2830. The molecule has 4 aliphatic rings. The van der Waals surface area contributed by atoms with Crippen LogP contribution in [0, 0.1) is 11.8 Å². The Hall–Kier alpha value is -5.98. The third kappa shape index (κ3) is 11.4. The minimum absolute atomic E-state index is 0.557. The van der Waals surface area contributed by atoms with Crippen molar-refractivity contribution in [2.24, 2.45) is 11.8 Å². The summed E-state index contributed by atoms with van der Waals surface area (Å²) in [6.45, 7) is 33.5. The summed E-state index contributed by atoms with van der Waals surface area (Å²) in [5.41, 5.74) is 14.9. The van der Waals surface area contributed by atoms with E-state index in [1.54, 1.807) is 11.1 Å². The van der Waals surface area contributed by atoms with Gasteiger partial charge in [0.25, 0.3) is 0 Å². The lowest BCUT2D eigenvalue weighted by Crippen LogP contribution is -2.30. The molecule has 0 fully saturated rings. The molecule has 0 radical (unpaired) electrons. The number of allylic oxidation sites excluding steroid dienone is 14. The molecule has 0 N–H and O–H groups in total. The first-order valence-corrected chi connectivity index (χ1v) is 27.7. The fourth-order valence-electron chi connectivity index (χ4n) is 10.8. The molecule has 7 aromatic rings. The molecule has 0 spiro atoms. The summed E-state index contributed by atoms with van der Waals surface area (Å²) < 4.78 is 0. The molecule has 0 aliphatic heterocycles. The van der Waals surface area contributed by atoms with Crippen LogP contribution in [0.3, 0.4) is 0 Å². The van der Waals surface area contributed by atoms with Crippen molar-refractivity contribution in [3.05, 3.63) is 213 Å². The minimum atomic E-state index is 0.557. The van der Waals surface area contributed by atoms with Gasteiger partial charge in [-0.2, -0.15) is 0 Å². The summed E-state index contributed by atoms with van der Waals surface area (Å²) in [6.07, 6.45) is 25.3. The maximum atomic E-state index is 2.40. The summed E-state index contributed by atoms with van der Waals surface area (Å²) >= 11 is 0. The van der Waals surface area contributed by atoms with Crippen LogP contribution in [-0.4, -0.2) is 0 Å². The van der Waals surface area contributed by atoms with Gasteiger partial charge < -0.3 is 0 Å². The van der Waals surface area contributed by atoms with Crippen LogP contribution in [0.1, 0.15) is 146 Å². The van der Waals surface area contributed by atoms with Gasteiger partial charge in [-0.15, -0.1) is 0 Å². The highest BCUT2D eigenvalue weighted by Crippen LogP contribution is 2.51. The molecule has 2 atom stereocenters. The van der Waals surface area contributed by atoms with E-state index in [-0.39, 0.29) is 0 Å². The van der Waals surface area contributed by atoms with Crippen LogP contribution in [0.25, 0.3) is 53.9 Å². The van der Waals surface area contributed by atoms with Crippen molar-refractivity contribution in [3.8, 4) is 0 Å². The van der Waals surface area contributed by atoms with Gasteiger partial charge in [0.05, 0.1) is 0 Å². The van der Waals surface area contributed by atoms with E-state index in [9.17, 15) is 0 Å². The van der Waals surface area contributed by atoms with E-state index in [1.165, 1.54) is 98.4 Å². The third-order valence-corrected chi connectivity index (χ3v) is 13.8. The maximum Gasteiger partial charge on any atom is 0.0202 e. The average Bonchev–Trinajstić information content (AvgIpc) is 3.46. The number of rotatable bonds is 6. The first-order valence-electron chi connectivity index (χ1n) is 27.7. The Labute approximate surface area is 426 Å². The summed E-state index contributed by atoms with van der Waals surface area (Å²) in [5.74, 6) is 1.11. The van der Waals surface area contributed by atoms with Gasteiger partial charge in [-0.05, 0) is 160 Å². The van der Waals surface area contributed by atoms with Crippen molar-refractivity contribution in [3.63, 3.8) is 0 Å². The topological polar surface area (TPSA) is 0 Å². The molecule has 0 nitrogen and oxygen atoms in total. The molecule has 4 aliphatic carbocycles. The molecule has 0 aromatic heterocycles. The molecule has 11 rings (SSSR count). The fraction of sp³-hybridized carbons (Fsp3) is 0.343. The molecule has 0 amide bonds. The molecule has 368 valence electrons. The van der Waals surface area contributed by atoms with Crippen LogP contribution >= 0.6 is 0 Å². The van der Waals surface area contributed by atoms with Crippen LogP contribution in [0.5, 0.6) is 0 Å². The molecule has 70 heavy (non-hydrogen) atoms. The zero-order chi connectivity index (χ0) is 51.3. The molecule has 0 saturated heterocycles. The van der Waals surface area contributed by atoms with Crippen LogP contribution in [0.4, 0.5) is 0 Å². The summed E-state index contributed by atoms with van der Waals surface area (Å²) in [5, 5.41) is 14.1. The van der Waals surface area contributed by atoms with Crippen LogP contribution in [-0.2, 0) is 25.7 Å². The lowest BCUT2D eigenvalue weighted by Gasteiger charge is -2.42. The highest BCUT2D eigenvalue weighted by Gasteiger charge is 2.39. The van der Waals surface area contributed by atoms with Crippen molar-refractivity contribution in [2.75, 3.05) is 0 Å². The summed E-state index contributed by atoms with van der Waals surface area (Å²) in [7, 11) is 0. The molecule has 0 bridgehead atoms. The maximum absolute atomic E-state index is 2.40. The highest BCUT2D eigenvalue weighted by molar-refractivity contribution is 6.19. The van der Waals surface area contributed by atoms with Crippen molar-refractivity contribution >= 4 is 53.9 Å². The fourth-order valence-corrected chi connectivity index (χ4v) is 10.8. The van der Waals surface area contributed by atoms with Crippen molar-refractivity contribution < 1.29 is 0 Å². The lowest BCUT2D eigenvalue weighted by atomic mass is 9.62. The second-order valence-electron chi connectivity index (χ2n) is 16.7. The Kier molecular flexibility index (Phi) is 23.1. The van der Waals surface area contributed by atoms with Crippen molar-refractivity contribution in [2.45, 2.75) is 149 Å². The lowest BCUT2D eigenvalue weighted by molar-refractivity contribution is 0.549. The molecule has 0 heterocycles. The van der Waals surface area contributed by atoms with Gasteiger partial charge in [0.15, 0.2) is 0 Å². The number of aryl methyl sites for hydroxylation is 4. The monoisotopic (exact) mass is 929 g/mol. The molecule has 7 aromatic carbocycles. The van der Waals surface area contributed by atoms with E-state index in [2.05, 4.69) is 199 Å². The molecular formula is C70H88. The molecule has 0 saturated carbocycles. The summed E-state index contributed by atoms with van der Waals surface area (Å²) in [4.78, 5) is 0. The van der Waals surface area contributed by atoms with E-state index in [0.717, 1.165) is 38.5 Å². The van der Waals surface area contributed by atoms with Crippen LogP contribution < -0.4 is 0 Å². The smallest absolute Gasteiger partial charge is 0.0202 e. The highest BCUT2D eigenvalue weighted by atomic mass is 14.4. The summed E-state index contributed by atoms with van der Waals surface area (Å²) in [6, 6.07) is 40.1. The van der Waals surface area contributed by atoms with E-state index < -0.39 is 0 Å². The Morgan fingerprint density at radius 2 is 0.686 bits per heavy atom. The Morgan fingerprint density at radius 3 is 1.07 bits per heavy atom. The quantitative estimate of drug-likeness (QED) is 0.115. The number of fused-ring (bicyclic) bond motifs is 7. The first kappa shape index (κ1) is 56.6. The van der Waals surface area contributed by atoms with Crippen molar-refractivity contribution in [1.29, 1.82) is 0 Å². The Balaban J connectivity index is 0.000000210. The van der Waals surface area contributed by atoms with Gasteiger partial charge in [-0.3, -0.25) is 0 Å². The van der Waals surface area contributed by atoms with E-state index >= 15 is 0 Å². The van der Waals surface area contributed by atoms with Crippen LogP contribution in [0.2, 0.25) is 0 Å². The second-order valence-corrected chi connectivity index (χ2v) is 16.7. The molecular weight excluding hydrogens is 841 g/mol. The average molecular weight is 929 g/mol.